The highest BCUT2D eigenvalue weighted by molar-refractivity contribution is 14.1. The molecule has 88 valence electrons. The minimum absolute atomic E-state index is 0.0467. The van der Waals surface area contributed by atoms with Gasteiger partial charge in [-0.2, -0.15) is 0 Å². The third-order valence-electron chi connectivity index (χ3n) is 2.88. The van der Waals surface area contributed by atoms with E-state index in [-0.39, 0.29) is 5.56 Å². The van der Waals surface area contributed by atoms with Gasteiger partial charge in [-0.25, -0.2) is 4.98 Å². The summed E-state index contributed by atoms with van der Waals surface area (Å²) in [4.78, 5) is 20.5. The zero-order chi connectivity index (χ0) is 11.5. The molecule has 1 saturated heterocycles. The minimum Gasteiger partial charge on any atom is -0.355 e. The zero-order valence-corrected chi connectivity index (χ0v) is 12.5. The van der Waals surface area contributed by atoms with Crippen LogP contribution in [0.1, 0.15) is 12.8 Å². The van der Waals surface area contributed by atoms with Gasteiger partial charge in [0.2, 0.25) is 0 Å². The van der Waals surface area contributed by atoms with Crippen LogP contribution < -0.4 is 10.5 Å². The van der Waals surface area contributed by atoms with Gasteiger partial charge in [0.05, 0.1) is 6.33 Å². The van der Waals surface area contributed by atoms with Crippen LogP contribution in [0.25, 0.3) is 0 Å². The van der Waals surface area contributed by atoms with Gasteiger partial charge in [0.25, 0.3) is 5.56 Å². The number of nitrogens with one attached hydrogen (secondary N) is 1. The van der Waals surface area contributed by atoms with Crippen LogP contribution in [0.15, 0.2) is 11.1 Å². The fourth-order valence-corrected chi connectivity index (χ4v) is 3.29. The summed E-state index contributed by atoms with van der Waals surface area (Å²) in [5, 5.41) is 1.05. The Bertz CT molecular complexity index is 423. The van der Waals surface area contributed by atoms with Gasteiger partial charge < -0.3 is 9.88 Å². The highest BCUT2D eigenvalue weighted by Crippen LogP contribution is 2.26. The summed E-state index contributed by atoms with van der Waals surface area (Å²) in [6.45, 7) is 2.02. The van der Waals surface area contributed by atoms with Crippen molar-refractivity contribution in [3.63, 3.8) is 0 Å². The molecule has 6 heteroatoms. The normalized spacial score (nSPS) is 20.4. The van der Waals surface area contributed by atoms with E-state index in [0.29, 0.717) is 3.57 Å². The lowest BCUT2D eigenvalue weighted by Gasteiger charge is -2.17. The molecule has 1 aromatic rings. The highest BCUT2D eigenvalue weighted by atomic mass is 127. The molecule has 1 atom stereocenters. The van der Waals surface area contributed by atoms with Crippen LogP contribution in [0.2, 0.25) is 0 Å². The molecular weight excluding hydrogens is 385 g/mol. The summed E-state index contributed by atoms with van der Waals surface area (Å²) >= 11 is 5.54. The molecule has 2 rings (SSSR count). The van der Waals surface area contributed by atoms with Crippen LogP contribution >= 0.6 is 38.5 Å². The average molecular weight is 398 g/mol. The molecule has 0 bridgehead atoms. The quantitative estimate of drug-likeness (QED) is 0.626. The van der Waals surface area contributed by atoms with Crippen molar-refractivity contribution >= 4 is 44.3 Å². The Balaban J connectivity index is 2.14. The van der Waals surface area contributed by atoms with Crippen molar-refractivity contribution in [2.24, 2.45) is 5.92 Å². The molecule has 0 radical (unpaired) electrons. The lowest BCUT2D eigenvalue weighted by atomic mass is 10.1. The Labute approximate surface area is 116 Å². The van der Waals surface area contributed by atoms with Gasteiger partial charge in [-0.3, -0.25) is 4.79 Å². The smallest absolute Gasteiger partial charge is 0.266 e. The van der Waals surface area contributed by atoms with E-state index in [1.807, 2.05) is 0 Å². The van der Waals surface area contributed by atoms with Crippen molar-refractivity contribution in [1.82, 2.24) is 9.97 Å². The summed E-state index contributed by atoms with van der Waals surface area (Å²) in [7, 11) is 0. The molecule has 1 aliphatic heterocycles. The number of halogens is 2. The fourth-order valence-electron chi connectivity index (χ4n) is 2.01. The minimum atomic E-state index is -0.0467. The monoisotopic (exact) mass is 397 g/mol. The SMILES string of the molecule is O=c1[nH]cnc(N2CCC(CCBr)C2)c1I. The number of nitrogens with zero attached hydrogens (tertiary/aromatic N) is 2. The number of anilines is 1. The molecule has 1 fully saturated rings. The second-order valence-corrected chi connectivity index (χ2v) is 5.82. The fraction of sp³-hybridized carbons (Fsp3) is 0.600. The summed E-state index contributed by atoms with van der Waals surface area (Å²) in [5.74, 6) is 1.55. The van der Waals surface area contributed by atoms with Gasteiger partial charge in [0.15, 0.2) is 0 Å². The molecule has 1 aliphatic rings. The summed E-state index contributed by atoms with van der Waals surface area (Å²) in [6, 6.07) is 0. The molecule has 0 spiro atoms. The van der Waals surface area contributed by atoms with E-state index in [9.17, 15) is 4.79 Å². The summed E-state index contributed by atoms with van der Waals surface area (Å²) < 4.78 is 0.694. The van der Waals surface area contributed by atoms with Gasteiger partial charge in [-0.05, 0) is 41.4 Å². The van der Waals surface area contributed by atoms with Gasteiger partial charge >= 0.3 is 0 Å². The maximum Gasteiger partial charge on any atom is 0.266 e. The van der Waals surface area contributed by atoms with Crippen LogP contribution in [-0.4, -0.2) is 28.4 Å². The number of aromatic amines is 1. The van der Waals surface area contributed by atoms with E-state index < -0.39 is 0 Å². The van der Waals surface area contributed by atoms with Crippen molar-refractivity contribution < 1.29 is 0 Å². The molecule has 1 aromatic heterocycles. The first-order chi connectivity index (χ1) is 7.72. The molecule has 16 heavy (non-hydrogen) atoms. The van der Waals surface area contributed by atoms with Crippen molar-refractivity contribution in [3.05, 3.63) is 20.3 Å². The van der Waals surface area contributed by atoms with Gasteiger partial charge in [-0.15, -0.1) is 0 Å². The van der Waals surface area contributed by atoms with E-state index in [2.05, 4.69) is 53.4 Å². The van der Waals surface area contributed by atoms with Crippen molar-refractivity contribution in [3.8, 4) is 0 Å². The van der Waals surface area contributed by atoms with Crippen LogP contribution in [0, 0.1) is 9.49 Å². The van der Waals surface area contributed by atoms with Crippen LogP contribution in [0.5, 0.6) is 0 Å². The first-order valence-electron chi connectivity index (χ1n) is 5.26. The van der Waals surface area contributed by atoms with E-state index in [1.54, 1.807) is 0 Å². The number of alkyl halides is 1. The van der Waals surface area contributed by atoms with E-state index in [4.69, 9.17) is 0 Å². The molecule has 1 N–H and O–H groups in total. The Kier molecular flexibility index (Phi) is 4.23. The maximum absolute atomic E-state index is 11.5. The summed E-state index contributed by atoms with van der Waals surface area (Å²) in [5.41, 5.74) is -0.0467. The van der Waals surface area contributed by atoms with E-state index in [1.165, 1.54) is 19.2 Å². The number of hydrogen-bond donors (Lipinski definition) is 1. The predicted molar refractivity (Wildman–Crippen MR) is 76.3 cm³/mol. The van der Waals surface area contributed by atoms with Gasteiger partial charge in [0, 0.05) is 18.4 Å². The molecule has 0 aromatic carbocycles. The molecule has 4 nitrogen and oxygen atoms in total. The first-order valence-corrected chi connectivity index (χ1v) is 7.46. The number of aromatic nitrogens is 2. The molecular formula is C10H13BrIN3O. The Morgan fingerprint density at radius 2 is 2.50 bits per heavy atom. The van der Waals surface area contributed by atoms with Gasteiger partial charge in [0.1, 0.15) is 9.39 Å². The van der Waals surface area contributed by atoms with E-state index in [0.717, 1.165) is 30.2 Å². The van der Waals surface area contributed by atoms with Crippen LogP contribution in [0.3, 0.4) is 0 Å². The second kappa shape index (κ2) is 5.48. The lowest BCUT2D eigenvalue weighted by molar-refractivity contribution is 0.575. The van der Waals surface area contributed by atoms with Crippen LogP contribution in [-0.2, 0) is 0 Å². The third-order valence-corrected chi connectivity index (χ3v) is 4.31. The van der Waals surface area contributed by atoms with Crippen LogP contribution in [0.4, 0.5) is 5.82 Å². The molecule has 0 saturated carbocycles. The Morgan fingerprint density at radius 1 is 1.69 bits per heavy atom. The molecule has 2 heterocycles. The predicted octanol–water partition coefficient (Wildman–Crippen LogP) is 1.99. The van der Waals surface area contributed by atoms with E-state index >= 15 is 0 Å². The second-order valence-electron chi connectivity index (χ2n) is 3.95. The summed E-state index contributed by atoms with van der Waals surface area (Å²) in [6.07, 6.45) is 3.87. The first kappa shape index (κ1) is 12.3. The number of H-pyrrole nitrogens is 1. The van der Waals surface area contributed by atoms with Crippen molar-refractivity contribution in [2.75, 3.05) is 23.3 Å². The maximum atomic E-state index is 11.5. The molecule has 0 amide bonds. The van der Waals surface area contributed by atoms with Gasteiger partial charge in [-0.1, -0.05) is 15.9 Å². The van der Waals surface area contributed by atoms with Crippen molar-refractivity contribution in [2.45, 2.75) is 12.8 Å². The largest absolute Gasteiger partial charge is 0.355 e. The van der Waals surface area contributed by atoms with Crippen molar-refractivity contribution in [1.29, 1.82) is 0 Å². The third kappa shape index (κ3) is 2.58. The Morgan fingerprint density at radius 3 is 3.25 bits per heavy atom. The number of hydrogen-bond acceptors (Lipinski definition) is 3. The lowest BCUT2D eigenvalue weighted by Crippen LogP contribution is -2.25. The average Bonchev–Trinajstić information content (AvgIpc) is 2.71. The Hall–Kier alpha value is -0.110. The highest BCUT2D eigenvalue weighted by Gasteiger charge is 2.24. The molecule has 1 unspecified atom stereocenters. The topological polar surface area (TPSA) is 49.0 Å². The standard InChI is InChI=1S/C10H13BrIN3O/c11-3-1-7-2-4-15(5-7)9-8(12)10(16)14-6-13-9/h6-7H,1-5H2,(H,13,14,16). The number of rotatable bonds is 3. The molecule has 0 aliphatic carbocycles. The zero-order valence-electron chi connectivity index (χ0n) is 8.75.